The third-order valence-electron chi connectivity index (χ3n) is 6.92. The molecule has 2 heterocycles. The summed E-state index contributed by atoms with van der Waals surface area (Å²) in [5, 5.41) is 13.8. The first-order valence-electron chi connectivity index (χ1n) is 14.4. The molecule has 0 aliphatic carbocycles. The molecule has 0 saturated carbocycles. The lowest BCUT2D eigenvalue weighted by molar-refractivity contribution is -0.134. The number of nitrogens with zero attached hydrogens (tertiary/aromatic N) is 2. The number of amides is 5. The molecular weight excluding hydrogens is 570 g/mol. The number of H-pyrrole nitrogens is 1. The summed E-state index contributed by atoms with van der Waals surface area (Å²) in [6.07, 6.45) is 5.16. The van der Waals surface area contributed by atoms with Crippen molar-refractivity contribution in [3.8, 4) is 0 Å². The SMILES string of the molecule is NC(=O)CNC(=O)[C@H](CCCN=C(N)N)NC(=O)[C@H](Cc1ccccc1)NC(=O)[C@H](Cc1cnc[nH]1)NC(=O)[C@@H]1CCCN1. The molecule has 0 unspecified atom stereocenters. The average Bonchev–Trinajstić information content (AvgIpc) is 3.72. The van der Waals surface area contributed by atoms with Crippen molar-refractivity contribution in [3.05, 3.63) is 54.1 Å². The normalized spacial score (nSPS) is 16.1. The molecule has 44 heavy (non-hydrogen) atoms. The standard InChI is InChI=1S/C28H41N11O5/c29-23(40)15-35-24(41)20(9-5-11-34-28(30)31)37-26(43)21(12-17-6-2-1-3-7-17)38-27(44)22(13-18-14-32-16-36-18)39-25(42)19-8-4-10-33-19/h1-3,6-7,14,16,19-22,33H,4-5,8-13,15H2,(H2,29,40)(H,32,36)(H,35,41)(H,37,43)(H,38,44)(H,39,42)(H4,30,31,34)/t19-,20-,21-,22-/m0/s1. The van der Waals surface area contributed by atoms with E-state index >= 15 is 0 Å². The molecule has 1 aromatic heterocycles. The van der Waals surface area contributed by atoms with Crippen molar-refractivity contribution in [3.63, 3.8) is 0 Å². The maximum atomic E-state index is 13.7. The number of nitrogens with one attached hydrogen (secondary N) is 6. The van der Waals surface area contributed by atoms with Crippen LogP contribution in [-0.2, 0) is 36.8 Å². The minimum absolute atomic E-state index is 0.0942. The van der Waals surface area contributed by atoms with Crippen LogP contribution in [0.15, 0.2) is 47.8 Å². The van der Waals surface area contributed by atoms with Crippen molar-refractivity contribution in [2.45, 2.75) is 62.7 Å². The Morgan fingerprint density at radius 3 is 2.25 bits per heavy atom. The zero-order valence-corrected chi connectivity index (χ0v) is 24.4. The smallest absolute Gasteiger partial charge is 0.243 e. The van der Waals surface area contributed by atoms with Crippen molar-refractivity contribution >= 4 is 35.5 Å². The molecule has 4 atom stereocenters. The number of hydrogen-bond donors (Lipinski definition) is 9. The number of imidazole rings is 1. The van der Waals surface area contributed by atoms with Gasteiger partial charge in [0.1, 0.15) is 18.1 Å². The van der Waals surface area contributed by atoms with Crippen LogP contribution in [0.1, 0.15) is 36.9 Å². The third-order valence-corrected chi connectivity index (χ3v) is 6.92. The summed E-state index contributed by atoms with van der Waals surface area (Å²) in [5.41, 5.74) is 17.3. The van der Waals surface area contributed by atoms with Gasteiger partial charge in [0.2, 0.25) is 29.5 Å². The molecule has 0 bridgehead atoms. The first kappa shape index (κ1) is 33.5. The minimum atomic E-state index is -1.13. The lowest BCUT2D eigenvalue weighted by Gasteiger charge is -2.26. The fourth-order valence-electron chi connectivity index (χ4n) is 4.68. The van der Waals surface area contributed by atoms with Crippen LogP contribution in [0, 0.1) is 0 Å². The van der Waals surface area contributed by atoms with E-state index in [1.807, 2.05) is 6.07 Å². The summed E-state index contributed by atoms with van der Waals surface area (Å²) in [5.74, 6) is -3.07. The Hall–Kier alpha value is -4.99. The van der Waals surface area contributed by atoms with Gasteiger partial charge in [-0.3, -0.25) is 29.0 Å². The molecule has 1 saturated heterocycles. The number of aromatic nitrogens is 2. The fourth-order valence-corrected chi connectivity index (χ4v) is 4.68. The van der Waals surface area contributed by atoms with E-state index in [1.165, 1.54) is 6.33 Å². The number of guanidine groups is 1. The van der Waals surface area contributed by atoms with Crippen LogP contribution >= 0.6 is 0 Å². The molecule has 1 fully saturated rings. The molecule has 238 valence electrons. The second-order valence-corrected chi connectivity index (χ2v) is 10.4. The van der Waals surface area contributed by atoms with Gasteiger partial charge < -0.3 is 48.8 Å². The second kappa shape index (κ2) is 17.2. The molecule has 2 aromatic rings. The Kier molecular flexibility index (Phi) is 13.1. The van der Waals surface area contributed by atoms with Crippen molar-refractivity contribution < 1.29 is 24.0 Å². The monoisotopic (exact) mass is 611 g/mol. The summed E-state index contributed by atoms with van der Waals surface area (Å²) in [4.78, 5) is 75.2. The van der Waals surface area contributed by atoms with Gasteiger partial charge in [-0.2, -0.15) is 0 Å². The molecule has 1 aromatic carbocycles. The van der Waals surface area contributed by atoms with Gasteiger partial charge in [0.25, 0.3) is 0 Å². The number of carbonyl (C=O) groups excluding carboxylic acids is 5. The van der Waals surface area contributed by atoms with Gasteiger partial charge in [0.05, 0.1) is 18.9 Å². The van der Waals surface area contributed by atoms with E-state index in [2.05, 4.69) is 41.5 Å². The van der Waals surface area contributed by atoms with Crippen LogP contribution in [0.5, 0.6) is 0 Å². The largest absolute Gasteiger partial charge is 0.370 e. The number of hydrogen-bond acceptors (Lipinski definition) is 8. The van der Waals surface area contributed by atoms with Crippen molar-refractivity contribution in [1.29, 1.82) is 0 Å². The minimum Gasteiger partial charge on any atom is -0.370 e. The molecular formula is C28H41N11O5. The average molecular weight is 612 g/mol. The van der Waals surface area contributed by atoms with Gasteiger partial charge >= 0.3 is 0 Å². The molecule has 5 amide bonds. The Morgan fingerprint density at radius 1 is 0.932 bits per heavy atom. The molecule has 16 heteroatoms. The molecule has 1 aliphatic rings. The number of carbonyl (C=O) groups is 5. The molecule has 0 spiro atoms. The van der Waals surface area contributed by atoms with Crippen molar-refractivity contribution in [2.24, 2.45) is 22.2 Å². The number of nitrogens with two attached hydrogens (primary N) is 3. The van der Waals surface area contributed by atoms with Crippen LogP contribution in [0.4, 0.5) is 0 Å². The maximum Gasteiger partial charge on any atom is 0.243 e. The van der Waals surface area contributed by atoms with Gasteiger partial charge in [-0.25, -0.2) is 4.98 Å². The number of aromatic amines is 1. The predicted molar refractivity (Wildman–Crippen MR) is 161 cm³/mol. The van der Waals surface area contributed by atoms with Gasteiger partial charge in [0.15, 0.2) is 5.96 Å². The number of aliphatic imine (C=N–C) groups is 1. The highest BCUT2D eigenvalue weighted by molar-refractivity contribution is 5.95. The maximum absolute atomic E-state index is 13.7. The van der Waals surface area contributed by atoms with Crippen LogP contribution < -0.4 is 43.8 Å². The zero-order valence-electron chi connectivity index (χ0n) is 24.4. The number of benzene rings is 1. The quantitative estimate of drug-likeness (QED) is 0.0502. The van der Waals surface area contributed by atoms with Gasteiger partial charge in [-0.1, -0.05) is 30.3 Å². The Morgan fingerprint density at radius 2 is 1.64 bits per heavy atom. The summed E-state index contributed by atoms with van der Waals surface area (Å²) in [7, 11) is 0. The highest BCUT2D eigenvalue weighted by atomic mass is 16.2. The number of primary amides is 1. The lowest BCUT2D eigenvalue weighted by Crippen LogP contribution is -2.58. The molecule has 3 rings (SSSR count). The topological polar surface area (TPSA) is 265 Å². The Balaban J connectivity index is 1.80. The summed E-state index contributed by atoms with van der Waals surface area (Å²) >= 11 is 0. The van der Waals surface area contributed by atoms with E-state index in [4.69, 9.17) is 17.2 Å². The predicted octanol–water partition coefficient (Wildman–Crippen LogP) is -2.94. The van der Waals surface area contributed by atoms with Crippen LogP contribution in [0.2, 0.25) is 0 Å². The van der Waals surface area contributed by atoms with E-state index in [-0.39, 0.29) is 37.7 Å². The van der Waals surface area contributed by atoms with E-state index in [1.54, 1.807) is 30.5 Å². The van der Waals surface area contributed by atoms with Crippen LogP contribution in [0.25, 0.3) is 0 Å². The van der Waals surface area contributed by atoms with Crippen molar-refractivity contribution in [1.82, 2.24) is 36.6 Å². The summed E-state index contributed by atoms with van der Waals surface area (Å²) < 4.78 is 0. The van der Waals surface area contributed by atoms with Crippen molar-refractivity contribution in [2.75, 3.05) is 19.6 Å². The first-order valence-corrected chi connectivity index (χ1v) is 14.4. The van der Waals surface area contributed by atoms with E-state index in [0.717, 1.165) is 12.0 Å². The van der Waals surface area contributed by atoms with E-state index in [9.17, 15) is 24.0 Å². The van der Waals surface area contributed by atoms with Gasteiger partial charge in [-0.15, -0.1) is 0 Å². The first-order chi connectivity index (χ1) is 21.1. The molecule has 12 N–H and O–H groups in total. The highest BCUT2D eigenvalue weighted by Gasteiger charge is 2.32. The summed E-state index contributed by atoms with van der Waals surface area (Å²) in [6.45, 7) is 0.482. The third kappa shape index (κ3) is 11.4. The zero-order chi connectivity index (χ0) is 31.9. The Bertz CT molecular complexity index is 1280. The van der Waals surface area contributed by atoms with Gasteiger partial charge in [-0.05, 0) is 37.8 Å². The van der Waals surface area contributed by atoms with E-state index < -0.39 is 54.3 Å². The van der Waals surface area contributed by atoms with Gasteiger partial charge in [0, 0.05) is 31.3 Å². The van der Waals surface area contributed by atoms with Crippen LogP contribution in [-0.4, -0.2) is 89.3 Å². The van der Waals surface area contributed by atoms with E-state index in [0.29, 0.717) is 25.1 Å². The molecule has 16 nitrogen and oxygen atoms in total. The fraction of sp³-hybridized carbons (Fsp3) is 0.464. The second-order valence-electron chi connectivity index (χ2n) is 10.4. The lowest BCUT2D eigenvalue weighted by atomic mass is 10.0. The molecule has 1 aliphatic heterocycles. The number of rotatable bonds is 17. The summed E-state index contributed by atoms with van der Waals surface area (Å²) in [6, 6.07) is 5.36. The highest BCUT2D eigenvalue weighted by Crippen LogP contribution is 2.09. The Labute approximate surface area is 254 Å². The molecule has 0 radical (unpaired) electrons. The van der Waals surface area contributed by atoms with Crippen LogP contribution in [0.3, 0.4) is 0 Å².